The first-order valence-electron chi connectivity index (χ1n) is 5.80. The number of nitrogens with two attached hydrogens (primary N) is 1. The van der Waals surface area contributed by atoms with Gasteiger partial charge in [0.25, 0.3) is 0 Å². The van der Waals surface area contributed by atoms with E-state index in [4.69, 9.17) is 5.73 Å². The number of nitrogens with one attached hydrogen (secondary N) is 1. The standard InChI is InChI=1S/C11H19BrN2O2S2/c1-4-11(5-2,7-13)14-18(15,16)9-6-10(12)17-8(9)3/h6,14H,4-5,7,13H2,1-3H3. The van der Waals surface area contributed by atoms with Crippen LogP contribution in [0.3, 0.4) is 0 Å². The van der Waals surface area contributed by atoms with Gasteiger partial charge in [0.05, 0.1) is 8.68 Å². The van der Waals surface area contributed by atoms with E-state index in [0.717, 1.165) is 8.66 Å². The van der Waals surface area contributed by atoms with E-state index in [1.54, 1.807) is 13.0 Å². The highest BCUT2D eigenvalue weighted by atomic mass is 79.9. The molecule has 0 saturated carbocycles. The maximum Gasteiger partial charge on any atom is 0.242 e. The summed E-state index contributed by atoms with van der Waals surface area (Å²) in [6, 6.07) is 1.63. The minimum Gasteiger partial charge on any atom is -0.329 e. The third kappa shape index (κ3) is 3.33. The Balaban J connectivity index is 3.12. The molecule has 0 unspecified atom stereocenters. The SMILES string of the molecule is CCC(CC)(CN)NS(=O)(=O)c1cc(Br)sc1C. The van der Waals surface area contributed by atoms with Gasteiger partial charge in [0.1, 0.15) is 0 Å². The molecule has 1 rings (SSSR count). The van der Waals surface area contributed by atoms with Gasteiger partial charge in [-0.2, -0.15) is 0 Å². The third-order valence-electron chi connectivity index (χ3n) is 3.23. The normalized spacial score (nSPS) is 12.9. The Morgan fingerprint density at radius 1 is 1.44 bits per heavy atom. The molecular formula is C11H19BrN2O2S2. The molecule has 3 N–H and O–H groups in total. The van der Waals surface area contributed by atoms with Crippen LogP contribution in [0.4, 0.5) is 0 Å². The summed E-state index contributed by atoms with van der Waals surface area (Å²) in [5.41, 5.74) is 5.17. The highest BCUT2D eigenvalue weighted by molar-refractivity contribution is 9.11. The fourth-order valence-corrected chi connectivity index (χ4v) is 5.73. The van der Waals surface area contributed by atoms with Crippen molar-refractivity contribution < 1.29 is 8.42 Å². The molecule has 0 radical (unpaired) electrons. The highest BCUT2D eigenvalue weighted by Crippen LogP contribution is 2.30. The summed E-state index contributed by atoms with van der Waals surface area (Å²) in [5, 5.41) is 0. The van der Waals surface area contributed by atoms with E-state index in [1.165, 1.54) is 11.3 Å². The molecule has 0 fully saturated rings. The molecule has 0 aromatic carbocycles. The van der Waals surface area contributed by atoms with E-state index in [2.05, 4.69) is 20.7 Å². The van der Waals surface area contributed by atoms with Gasteiger partial charge in [0, 0.05) is 17.0 Å². The maximum atomic E-state index is 12.4. The largest absolute Gasteiger partial charge is 0.329 e. The van der Waals surface area contributed by atoms with Gasteiger partial charge >= 0.3 is 0 Å². The van der Waals surface area contributed by atoms with Crippen LogP contribution in [-0.2, 0) is 10.0 Å². The number of aryl methyl sites for hydroxylation is 1. The van der Waals surface area contributed by atoms with Crippen LogP contribution < -0.4 is 10.5 Å². The zero-order valence-electron chi connectivity index (χ0n) is 10.8. The van der Waals surface area contributed by atoms with Gasteiger partial charge in [-0.25, -0.2) is 13.1 Å². The maximum absolute atomic E-state index is 12.4. The third-order valence-corrected chi connectivity index (χ3v) is 6.61. The van der Waals surface area contributed by atoms with E-state index in [-0.39, 0.29) is 0 Å². The molecule has 0 saturated heterocycles. The van der Waals surface area contributed by atoms with Crippen molar-refractivity contribution in [3.63, 3.8) is 0 Å². The van der Waals surface area contributed by atoms with Crippen molar-refractivity contribution in [2.75, 3.05) is 6.54 Å². The number of hydrogen-bond acceptors (Lipinski definition) is 4. The van der Waals surface area contributed by atoms with Crippen LogP contribution in [0.25, 0.3) is 0 Å². The van der Waals surface area contributed by atoms with Gasteiger partial charge in [-0.1, -0.05) is 13.8 Å². The Labute approximate surface area is 121 Å². The lowest BCUT2D eigenvalue weighted by molar-refractivity contribution is 0.363. The predicted octanol–water partition coefficient (Wildman–Crippen LogP) is 2.61. The van der Waals surface area contributed by atoms with E-state index in [0.29, 0.717) is 24.3 Å². The van der Waals surface area contributed by atoms with Gasteiger partial charge in [0.2, 0.25) is 10.0 Å². The monoisotopic (exact) mass is 354 g/mol. The lowest BCUT2D eigenvalue weighted by Crippen LogP contribution is -2.52. The van der Waals surface area contributed by atoms with Crippen molar-refractivity contribution in [3.8, 4) is 0 Å². The lowest BCUT2D eigenvalue weighted by Gasteiger charge is -2.30. The quantitative estimate of drug-likeness (QED) is 0.824. The zero-order chi connectivity index (χ0) is 14.0. The smallest absolute Gasteiger partial charge is 0.242 e. The topological polar surface area (TPSA) is 72.2 Å². The van der Waals surface area contributed by atoms with Gasteiger partial charge in [-0.15, -0.1) is 11.3 Å². The number of hydrogen-bond donors (Lipinski definition) is 2. The second-order valence-corrected chi connectivity index (χ2v) is 8.55. The number of sulfonamides is 1. The molecule has 0 spiro atoms. The molecule has 0 aliphatic rings. The molecule has 0 aliphatic heterocycles. The van der Waals surface area contributed by atoms with Gasteiger partial charge in [-0.3, -0.25) is 0 Å². The summed E-state index contributed by atoms with van der Waals surface area (Å²) < 4.78 is 28.3. The molecule has 18 heavy (non-hydrogen) atoms. The summed E-state index contributed by atoms with van der Waals surface area (Å²) >= 11 is 4.72. The molecule has 7 heteroatoms. The number of rotatable bonds is 6. The molecule has 0 bridgehead atoms. The van der Waals surface area contributed by atoms with Crippen molar-refractivity contribution >= 4 is 37.3 Å². The molecule has 104 valence electrons. The van der Waals surface area contributed by atoms with Crippen LogP contribution in [0.5, 0.6) is 0 Å². The first-order chi connectivity index (χ1) is 8.30. The number of thiophene rings is 1. The molecule has 0 atom stereocenters. The minimum atomic E-state index is -3.51. The Morgan fingerprint density at radius 2 is 2.00 bits per heavy atom. The van der Waals surface area contributed by atoms with Crippen LogP contribution in [0.1, 0.15) is 31.6 Å². The van der Waals surface area contributed by atoms with Crippen molar-refractivity contribution in [1.29, 1.82) is 0 Å². The fourth-order valence-electron chi connectivity index (χ4n) is 1.76. The summed E-state index contributed by atoms with van der Waals surface area (Å²) in [6.07, 6.45) is 1.34. The highest BCUT2D eigenvalue weighted by Gasteiger charge is 2.32. The Hall–Kier alpha value is 0.0500. The molecule has 1 aromatic rings. The Morgan fingerprint density at radius 3 is 2.33 bits per heavy atom. The van der Waals surface area contributed by atoms with Gasteiger partial charge < -0.3 is 5.73 Å². The van der Waals surface area contributed by atoms with E-state index < -0.39 is 15.6 Å². The van der Waals surface area contributed by atoms with Crippen LogP contribution in [-0.4, -0.2) is 20.5 Å². The average molecular weight is 355 g/mol. The van der Waals surface area contributed by atoms with Crippen LogP contribution in [0, 0.1) is 6.92 Å². The predicted molar refractivity (Wildman–Crippen MR) is 79.4 cm³/mol. The Kier molecular flexibility index (Phi) is 5.37. The van der Waals surface area contributed by atoms with Crippen LogP contribution in [0.15, 0.2) is 14.7 Å². The lowest BCUT2D eigenvalue weighted by atomic mass is 9.95. The van der Waals surface area contributed by atoms with E-state index in [1.807, 2.05) is 13.8 Å². The Bertz CT molecular complexity index is 499. The van der Waals surface area contributed by atoms with E-state index >= 15 is 0 Å². The molecule has 0 amide bonds. The van der Waals surface area contributed by atoms with Crippen molar-refractivity contribution in [2.24, 2.45) is 5.73 Å². The molecular weight excluding hydrogens is 336 g/mol. The fraction of sp³-hybridized carbons (Fsp3) is 0.636. The summed E-state index contributed by atoms with van der Waals surface area (Å²) in [5.74, 6) is 0. The van der Waals surface area contributed by atoms with Crippen molar-refractivity contribution in [2.45, 2.75) is 44.0 Å². The minimum absolute atomic E-state index is 0.295. The molecule has 0 aliphatic carbocycles. The first-order valence-corrected chi connectivity index (χ1v) is 8.89. The van der Waals surface area contributed by atoms with Crippen molar-refractivity contribution in [1.82, 2.24) is 4.72 Å². The van der Waals surface area contributed by atoms with E-state index in [9.17, 15) is 8.42 Å². The average Bonchev–Trinajstić information content (AvgIpc) is 2.66. The van der Waals surface area contributed by atoms with Gasteiger partial charge in [-0.05, 0) is 41.8 Å². The summed E-state index contributed by atoms with van der Waals surface area (Å²) in [6.45, 7) is 5.97. The van der Waals surface area contributed by atoms with Gasteiger partial charge in [0.15, 0.2) is 0 Å². The summed E-state index contributed by atoms with van der Waals surface area (Å²) in [4.78, 5) is 1.10. The summed E-state index contributed by atoms with van der Waals surface area (Å²) in [7, 11) is -3.51. The second kappa shape index (κ2) is 6.00. The molecule has 4 nitrogen and oxygen atoms in total. The molecule has 1 heterocycles. The van der Waals surface area contributed by atoms with Crippen molar-refractivity contribution in [3.05, 3.63) is 14.7 Å². The van der Waals surface area contributed by atoms with Crippen LogP contribution >= 0.6 is 27.3 Å². The van der Waals surface area contributed by atoms with Crippen LogP contribution in [0.2, 0.25) is 0 Å². The molecule has 1 aromatic heterocycles. The zero-order valence-corrected chi connectivity index (χ0v) is 14.0. The second-order valence-electron chi connectivity index (χ2n) is 4.27. The first kappa shape index (κ1) is 16.1. The number of halogens is 1.